The van der Waals surface area contributed by atoms with Crippen molar-refractivity contribution in [3.8, 4) is 5.75 Å². The Balaban J connectivity index is 2.69. The van der Waals surface area contributed by atoms with E-state index in [4.69, 9.17) is 4.89 Å². The van der Waals surface area contributed by atoms with Gasteiger partial charge in [0.15, 0.2) is 0 Å². The fourth-order valence-electron chi connectivity index (χ4n) is 0.730. The average molecular weight is 200 g/mol. The van der Waals surface area contributed by atoms with E-state index in [1.807, 2.05) is 0 Å². The van der Waals surface area contributed by atoms with Crippen LogP contribution in [0.1, 0.15) is 0 Å². The van der Waals surface area contributed by atoms with Gasteiger partial charge in [-0.2, -0.15) is 0 Å². The molecule has 5 heteroatoms. The van der Waals surface area contributed by atoms with Gasteiger partial charge in [-0.3, -0.25) is 4.89 Å². The summed E-state index contributed by atoms with van der Waals surface area (Å²) in [5.41, 5.74) is 0. The lowest BCUT2D eigenvalue weighted by Gasteiger charge is -2.10. The zero-order valence-electron chi connectivity index (χ0n) is 6.79. The summed E-state index contributed by atoms with van der Waals surface area (Å²) >= 11 is 0. The van der Waals surface area contributed by atoms with E-state index < -0.39 is 7.82 Å². The molecular formula is C8H9O4P. The van der Waals surface area contributed by atoms with Gasteiger partial charge in [-0.1, -0.05) is 24.8 Å². The molecule has 0 fully saturated rings. The van der Waals surface area contributed by atoms with E-state index in [1.54, 1.807) is 30.3 Å². The Bertz CT molecular complexity index is 322. The quantitative estimate of drug-likeness (QED) is 0.598. The van der Waals surface area contributed by atoms with Gasteiger partial charge in [0.25, 0.3) is 0 Å². The Kier molecular flexibility index (Phi) is 3.12. The molecule has 0 aromatic heterocycles. The Morgan fingerprint density at radius 1 is 1.38 bits per heavy atom. The van der Waals surface area contributed by atoms with E-state index in [0.29, 0.717) is 0 Å². The fourth-order valence-corrected chi connectivity index (χ4v) is 1.35. The van der Waals surface area contributed by atoms with Gasteiger partial charge in [0.05, 0.1) is 6.26 Å². The summed E-state index contributed by atoms with van der Waals surface area (Å²) in [6, 6.07) is 8.24. The zero-order chi connectivity index (χ0) is 9.73. The van der Waals surface area contributed by atoms with Gasteiger partial charge in [-0.25, -0.2) is 4.57 Å². The molecule has 0 bridgehead atoms. The van der Waals surface area contributed by atoms with Crippen molar-refractivity contribution in [1.29, 1.82) is 0 Å². The van der Waals surface area contributed by atoms with Crippen molar-refractivity contribution >= 4 is 7.82 Å². The minimum absolute atomic E-state index is 0.273. The Hall–Kier alpha value is -1.25. The maximum absolute atomic E-state index is 11.0. The molecule has 0 saturated heterocycles. The number of rotatable bonds is 4. The molecule has 0 radical (unpaired) electrons. The van der Waals surface area contributed by atoms with Crippen LogP contribution in [0, 0.1) is 0 Å². The minimum Gasteiger partial charge on any atom is -0.404 e. The van der Waals surface area contributed by atoms with E-state index in [1.165, 1.54) is 0 Å². The van der Waals surface area contributed by atoms with Crippen LogP contribution in [0.25, 0.3) is 0 Å². The zero-order valence-corrected chi connectivity index (χ0v) is 7.68. The first-order valence-corrected chi connectivity index (χ1v) is 5.00. The van der Waals surface area contributed by atoms with Gasteiger partial charge in [0.1, 0.15) is 5.75 Å². The molecule has 0 heterocycles. The van der Waals surface area contributed by atoms with Crippen molar-refractivity contribution in [1.82, 2.24) is 0 Å². The van der Waals surface area contributed by atoms with Crippen LogP contribution >= 0.6 is 7.82 Å². The molecule has 0 saturated carbocycles. The predicted octanol–water partition coefficient (Wildman–Crippen LogP) is 2.33. The summed E-state index contributed by atoms with van der Waals surface area (Å²) in [5.74, 6) is 0.273. The lowest BCUT2D eigenvalue weighted by Crippen LogP contribution is -1.92. The smallest absolute Gasteiger partial charge is 0.404 e. The molecule has 1 aromatic carbocycles. The van der Waals surface area contributed by atoms with Crippen molar-refractivity contribution in [2.75, 3.05) is 0 Å². The highest BCUT2D eigenvalue weighted by Gasteiger charge is 2.21. The molecule has 4 nitrogen and oxygen atoms in total. The first-order chi connectivity index (χ1) is 6.14. The number of benzene rings is 1. The van der Waals surface area contributed by atoms with Crippen molar-refractivity contribution in [3.05, 3.63) is 43.2 Å². The number of phosphoric ester groups is 1. The molecule has 0 aliphatic carbocycles. The largest absolute Gasteiger partial charge is 0.584 e. The first-order valence-electron chi connectivity index (χ1n) is 3.51. The third-order valence-corrected chi connectivity index (χ3v) is 2.03. The van der Waals surface area contributed by atoms with Crippen LogP contribution in [0.4, 0.5) is 0 Å². The second-order valence-electron chi connectivity index (χ2n) is 2.14. The SMILES string of the molecule is C=COP(=O)(O)Oc1ccccc1. The maximum Gasteiger partial charge on any atom is 0.584 e. The van der Waals surface area contributed by atoms with E-state index in [9.17, 15) is 4.57 Å². The summed E-state index contributed by atoms with van der Waals surface area (Å²) in [7, 11) is -4.03. The van der Waals surface area contributed by atoms with Crippen LogP contribution in [0.2, 0.25) is 0 Å². The standard InChI is InChI=1S/C8H9O4P/c1-2-11-13(9,10)12-8-6-4-3-5-7-8/h2-7H,1H2,(H,9,10). The molecule has 13 heavy (non-hydrogen) atoms. The maximum atomic E-state index is 11.0. The second-order valence-corrected chi connectivity index (χ2v) is 3.48. The van der Waals surface area contributed by atoms with Crippen molar-refractivity contribution in [2.24, 2.45) is 0 Å². The van der Waals surface area contributed by atoms with Crippen LogP contribution in [0.3, 0.4) is 0 Å². The molecule has 0 amide bonds. The number of phosphoric acid groups is 1. The molecule has 1 aromatic rings. The molecule has 0 spiro atoms. The van der Waals surface area contributed by atoms with Crippen LogP contribution in [0.15, 0.2) is 43.2 Å². The molecule has 0 aliphatic heterocycles. The molecule has 70 valence electrons. The van der Waals surface area contributed by atoms with Gasteiger partial charge >= 0.3 is 7.82 Å². The normalized spacial score (nSPS) is 14.2. The van der Waals surface area contributed by atoms with Crippen molar-refractivity contribution in [2.45, 2.75) is 0 Å². The highest BCUT2D eigenvalue weighted by Crippen LogP contribution is 2.43. The van der Waals surface area contributed by atoms with Crippen LogP contribution in [-0.2, 0) is 9.09 Å². The third-order valence-electron chi connectivity index (χ3n) is 1.17. The molecule has 1 atom stereocenters. The van der Waals surface area contributed by atoms with E-state index in [-0.39, 0.29) is 5.75 Å². The molecule has 1 unspecified atom stereocenters. The van der Waals surface area contributed by atoms with Gasteiger partial charge in [0, 0.05) is 0 Å². The number of para-hydroxylation sites is 1. The van der Waals surface area contributed by atoms with Crippen LogP contribution in [-0.4, -0.2) is 4.89 Å². The van der Waals surface area contributed by atoms with Gasteiger partial charge < -0.3 is 9.05 Å². The third kappa shape index (κ3) is 3.32. The fraction of sp³-hybridized carbons (Fsp3) is 0. The van der Waals surface area contributed by atoms with Gasteiger partial charge in [-0.15, -0.1) is 0 Å². The monoisotopic (exact) mass is 200 g/mol. The van der Waals surface area contributed by atoms with Gasteiger partial charge in [0.2, 0.25) is 0 Å². The molecule has 0 aliphatic rings. The highest BCUT2D eigenvalue weighted by atomic mass is 31.2. The molecule has 1 rings (SSSR count). The first kappa shape index (κ1) is 9.84. The number of hydrogen-bond donors (Lipinski definition) is 1. The summed E-state index contributed by atoms with van der Waals surface area (Å²) in [6.07, 6.45) is 0.865. The molecular weight excluding hydrogens is 191 g/mol. The van der Waals surface area contributed by atoms with Crippen molar-refractivity contribution < 1.29 is 18.5 Å². The summed E-state index contributed by atoms with van der Waals surface area (Å²) in [5, 5.41) is 0. The summed E-state index contributed by atoms with van der Waals surface area (Å²) in [4.78, 5) is 9.01. The Morgan fingerprint density at radius 2 is 2.00 bits per heavy atom. The summed E-state index contributed by atoms with van der Waals surface area (Å²) in [6.45, 7) is 3.15. The van der Waals surface area contributed by atoms with E-state index in [0.717, 1.165) is 6.26 Å². The lowest BCUT2D eigenvalue weighted by atomic mass is 10.3. The minimum atomic E-state index is -4.03. The van der Waals surface area contributed by atoms with Crippen LogP contribution < -0.4 is 4.52 Å². The highest BCUT2D eigenvalue weighted by molar-refractivity contribution is 7.47. The van der Waals surface area contributed by atoms with Crippen molar-refractivity contribution in [3.63, 3.8) is 0 Å². The average Bonchev–Trinajstić information content (AvgIpc) is 2.04. The Labute approximate surface area is 76.0 Å². The Morgan fingerprint density at radius 3 is 2.54 bits per heavy atom. The lowest BCUT2D eigenvalue weighted by molar-refractivity contribution is 0.267. The number of hydrogen-bond acceptors (Lipinski definition) is 3. The second kappa shape index (κ2) is 4.12. The topological polar surface area (TPSA) is 55.8 Å². The van der Waals surface area contributed by atoms with Gasteiger partial charge in [-0.05, 0) is 12.1 Å². The van der Waals surface area contributed by atoms with E-state index >= 15 is 0 Å². The molecule has 1 N–H and O–H groups in total. The summed E-state index contributed by atoms with van der Waals surface area (Å²) < 4.78 is 20.0. The predicted molar refractivity (Wildman–Crippen MR) is 48.2 cm³/mol. The van der Waals surface area contributed by atoms with E-state index in [2.05, 4.69) is 15.6 Å². The van der Waals surface area contributed by atoms with Crippen LogP contribution in [0.5, 0.6) is 5.75 Å².